The third-order valence-electron chi connectivity index (χ3n) is 4.24. The molecular formula is C14H26N4O. The van der Waals surface area contributed by atoms with E-state index in [0.29, 0.717) is 6.54 Å². The lowest BCUT2D eigenvalue weighted by Crippen LogP contribution is -2.33. The van der Waals surface area contributed by atoms with Crippen molar-refractivity contribution in [2.24, 2.45) is 5.92 Å². The van der Waals surface area contributed by atoms with Crippen LogP contribution in [0.4, 0.5) is 5.69 Å². The number of aliphatic hydroxyl groups excluding tert-OH is 1. The van der Waals surface area contributed by atoms with Crippen molar-refractivity contribution in [1.82, 2.24) is 14.7 Å². The fourth-order valence-corrected chi connectivity index (χ4v) is 2.86. The molecule has 0 aromatic carbocycles. The van der Waals surface area contributed by atoms with Gasteiger partial charge in [0.25, 0.3) is 0 Å². The van der Waals surface area contributed by atoms with Gasteiger partial charge in [0.15, 0.2) is 0 Å². The fraction of sp³-hybridized carbons (Fsp3) is 0.786. The molecule has 0 amide bonds. The lowest BCUT2D eigenvalue weighted by Gasteiger charge is -2.20. The highest BCUT2D eigenvalue weighted by molar-refractivity contribution is 5.46. The maximum Gasteiger partial charge on any atom is 0.0862 e. The van der Waals surface area contributed by atoms with Gasteiger partial charge in [0.2, 0.25) is 0 Å². The molecule has 1 aromatic rings. The molecule has 108 valence electrons. The smallest absolute Gasteiger partial charge is 0.0862 e. The second kappa shape index (κ2) is 5.92. The number of β-amino-alcohol motifs (C(OH)–C–C–N with tert-alkyl or cyclic N) is 1. The van der Waals surface area contributed by atoms with Gasteiger partial charge in [-0.3, -0.25) is 4.68 Å². The first kappa shape index (κ1) is 14.3. The summed E-state index contributed by atoms with van der Waals surface area (Å²) in [7, 11) is 0. The van der Waals surface area contributed by atoms with E-state index in [1.54, 1.807) is 0 Å². The Hall–Kier alpha value is -1.07. The Kier molecular flexibility index (Phi) is 4.47. The Balaban J connectivity index is 1.87. The van der Waals surface area contributed by atoms with Gasteiger partial charge in [-0.05, 0) is 32.7 Å². The maximum absolute atomic E-state index is 10.2. The molecule has 2 atom stereocenters. The summed E-state index contributed by atoms with van der Waals surface area (Å²) in [6.45, 7) is 9.57. The Labute approximate surface area is 115 Å². The van der Waals surface area contributed by atoms with Crippen molar-refractivity contribution in [2.75, 3.05) is 25.4 Å². The molecule has 0 spiro atoms. The van der Waals surface area contributed by atoms with Crippen LogP contribution in [-0.2, 0) is 6.54 Å². The van der Waals surface area contributed by atoms with Crippen LogP contribution in [0, 0.1) is 19.8 Å². The molecule has 5 nitrogen and oxygen atoms in total. The minimum absolute atomic E-state index is 0.381. The molecule has 1 saturated heterocycles. The Morgan fingerprint density at radius 1 is 1.42 bits per heavy atom. The quantitative estimate of drug-likeness (QED) is 0.839. The molecule has 2 rings (SSSR count). The average Bonchev–Trinajstić information content (AvgIpc) is 2.91. The van der Waals surface area contributed by atoms with Crippen LogP contribution in [0.5, 0.6) is 0 Å². The SMILES string of the molecule is CCC1CCN(CC(O)Cn2nc(C)c(N)c2C)C1. The predicted octanol–water partition coefficient (Wildman–Crippen LogP) is 1.17. The summed E-state index contributed by atoms with van der Waals surface area (Å²) in [5.74, 6) is 0.802. The number of aromatic nitrogens is 2. The van der Waals surface area contributed by atoms with Gasteiger partial charge >= 0.3 is 0 Å². The molecule has 1 aliphatic rings. The van der Waals surface area contributed by atoms with Crippen LogP contribution in [0.15, 0.2) is 0 Å². The van der Waals surface area contributed by atoms with Crippen molar-refractivity contribution < 1.29 is 5.11 Å². The normalized spacial score (nSPS) is 22.0. The molecule has 19 heavy (non-hydrogen) atoms. The van der Waals surface area contributed by atoms with Gasteiger partial charge in [-0.25, -0.2) is 0 Å². The van der Waals surface area contributed by atoms with Crippen molar-refractivity contribution in [3.05, 3.63) is 11.4 Å². The summed E-state index contributed by atoms with van der Waals surface area (Å²) >= 11 is 0. The van der Waals surface area contributed by atoms with Gasteiger partial charge in [0.1, 0.15) is 0 Å². The van der Waals surface area contributed by atoms with Crippen LogP contribution in [0.2, 0.25) is 0 Å². The number of hydrogen-bond donors (Lipinski definition) is 2. The average molecular weight is 266 g/mol. The van der Waals surface area contributed by atoms with E-state index in [-0.39, 0.29) is 6.10 Å². The van der Waals surface area contributed by atoms with Crippen LogP contribution in [0.1, 0.15) is 31.2 Å². The number of anilines is 1. The minimum Gasteiger partial charge on any atom is -0.396 e. The molecule has 2 heterocycles. The highest BCUT2D eigenvalue weighted by Crippen LogP contribution is 2.20. The third-order valence-corrected chi connectivity index (χ3v) is 4.24. The first-order chi connectivity index (χ1) is 9.01. The van der Waals surface area contributed by atoms with Crippen molar-refractivity contribution >= 4 is 5.69 Å². The van der Waals surface area contributed by atoms with Crippen LogP contribution >= 0.6 is 0 Å². The zero-order valence-electron chi connectivity index (χ0n) is 12.3. The van der Waals surface area contributed by atoms with Crippen molar-refractivity contribution in [3.63, 3.8) is 0 Å². The zero-order chi connectivity index (χ0) is 14.0. The van der Waals surface area contributed by atoms with Crippen LogP contribution in [0.3, 0.4) is 0 Å². The van der Waals surface area contributed by atoms with Gasteiger partial charge in [-0.2, -0.15) is 5.10 Å². The van der Waals surface area contributed by atoms with Crippen LogP contribution in [0.25, 0.3) is 0 Å². The van der Waals surface area contributed by atoms with E-state index >= 15 is 0 Å². The van der Waals surface area contributed by atoms with E-state index in [9.17, 15) is 5.11 Å². The lowest BCUT2D eigenvalue weighted by molar-refractivity contribution is 0.103. The van der Waals surface area contributed by atoms with Gasteiger partial charge in [0.05, 0.1) is 29.7 Å². The number of likely N-dealkylation sites (tertiary alicyclic amines) is 1. The standard InChI is InChI=1S/C14H26N4O/c1-4-12-5-6-17(7-12)8-13(19)9-18-11(3)14(15)10(2)16-18/h12-13,19H,4-9,15H2,1-3H3. The zero-order valence-corrected chi connectivity index (χ0v) is 12.3. The number of aryl methyl sites for hydroxylation is 1. The highest BCUT2D eigenvalue weighted by atomic mass is 16.3. The van der Waals surface area contributed by atoms with E-state index in [1.807, 2.05) is 18.5 Å². The van der Waals surface area contributed by atoms with Gasteiger partial charge in [0, 0.05) is 13.1 Å². The van der Waals surface area contributed by atoms with Crippen LogP contribution in [-0.4, -0.2) is 45.5 Å². The summed E-state index contributed by atoms with van der Waals surface area (Å²) < 4.78 is 1.82. The number of rotatable bonds is 5. The summed E-state index contributed by atoms with van der Waals surface area (Å²) in [5, 5.41) is 14.6. The molecule has 5 heteroatoms. The lowest BCUT2D eigenvalue weighted by atomic mass is 10.1. The number of aliphatic hydroxyl groups is 1. The van der Waals surface area contributed by atoms with Crippen molar-refractivity contribution in [2.45, 2.75) is 46.3 Å². The summed E-state index contributed by atoms with van der Waals surface area (Å²) in [6.07, 6.45) is 2.12. The largest absolute Gasteiger partial charge is 0.396 e. The molecule has 1 fully saturated rings. The monoisotopic (exact) mass is 266 g/mol. The number of hydrogen-bond acceptors (Lipinski definition) is 4. The molecule has 0 saturated carbocycles. The molecule has 1 aromatic heterocycles. The second-order valence-corrected chi connectivity index (χ2v) is 5.74. The first-order valence-electron chi connectivity index (χ1n) is 7.21. The highest BCUT2D eigenvalue weighted by Gasteiger charge is 2.23. The van der Waals surface area contributed by atoms with Crippen LogP contribution < -0.4 is 5.73 Å². The fourth-order valence-electron chi connectivity index (χ4n) is 2.86. The van der Waals surface area contributed by atoms with Gasteiger partial charge in [-0.1, -0.05) is 13.3 Å². The van der Waals surface area contributed by atoms with Gasteiger partial charge < -0.3 is 15.7 Å². The summed E-state index contributed by atoms with van der Waals surface area (Å²) in [4.78, 5) is 2.36. The topological polar surface area (TPSA) is 67.3 Å². The third kappa shape index (κ3) is 3.28. The number of nitrogen functional groups attached to an aromatic ring is 1. The van der Waals surface area contributed by atoms with E-state index < -0.39 is 0 Å². The number of nitrogens with zero attached hydrogens (tertiary/aromatic N) is 3. The first-order valence-corrected chi connectivity index (χ1v) is 7.21. The number of nitrogens with two attached hydrogens (primary N) is 1. The van der Waals surface area contributed by atoms with E-state index in [4.69, 9.17) is 5.73 Å². The Morgan fingerprint density at radius 3 is 2.68 bits per heavy atom. The molecule has 0 radical (unpaired) electrons. The van der Waals surface area contributed by atoms with E-state index in [1.165, 1.54) is 12.8 Å². The molecular weight excluding hydrogens is 240 g/mol. The summed E-state index contributed by atoms with van der Waals surface area (Å²) in [6, 6.07) is 0. The van der Waals surface area contributed by atoms with Crippen molar-refractivity contribution in [1.29, 1.82) is 0 Å². The predicted molar refractivity (Wildman–Crippen MR) is 77.0 cm³/mol. The molecule has 3 N–H and O–H groups in total. The Morgan fingerprint density at radius 2 is 2.16 bits per heavy atom. The van der Waals surface area contributed by atoms with Gasteiger partial charge in [-0.15, -0.1) is 0 Å². The van der Waals surface area contributed by atoms with Crippen molar-refractivity contribution in [3.8, 4) is 0 Å². The second-order valence-electron chi connectivity index (χ2n) is 5.74. The maximum atomic E-state index is 10.2. The summed E-state index contributed by atoms with van der Waals surface area (Å²) in [5.41, 5.74) is 8.43. The molecule has 1 aliphatic heterocycles. The molecule has 2 unspecified atom stereocenters. The van der Waals surface area contributed by atoms with E-state index in [0.717, 1.165) is 42.6 Å². The minimum atomic E-state index is -0.381. The Bertz CT molecular complexity index is 429. The molecule has 0 aliphatic carbocycles. The van der Waals surface area contributed by atoms with E-state index in [2.05, 4.69) is 16.9 Å². The molecule has 0 bridgehead atoms.